The third kappa shape index (κ3) is 7.61. The van der Waals surface area contributed by atoms with Crippen LogP contribution < -0.4 is 20.2 Å². The van der Waals surface area contributed by atoms with Crippen molar-refractivity contribution in [1.29, 1.82) is 0 Å². The maximum Gasteiger partial charge on any atom is 0.131 e. The van der Waals surface area contributed by atoms with Gasteiger partial charge < -0.3 is 9.64 Å². The standard InChI is InChI=1S/C41H46NOP/c1-30-18-17-21-32(28-42(34-22-13-9-14-23-34)35-24-15-10-16-25-35)39(30)44-37-27-33(40(2,3)4)26-36(41(5,6)7)38(37)43-29-31-19-11-8-12-20-31/h8-27,44H,28-29H2,1-7H3. The van der Waals surface area contributed by atoms with Crippen LogP contribution in [0.1, 0.15) is 69.4 Å². The average Bonchev–Trinajstić information content (AvgIpc) is 3.00. The second-order valence-electron chi connectivity index (χ2n) is 13.7. The molecular weight excluding hydrogens is 553 g/mol. The van der Waals surface area contributed by atoms with Crippen LogP contribution in [0.3, 0.4) is 0 Å². The number of nitrogens with zero attached hydrogens (tertiary/aromatic N) is 1. The summed E-state index contributed by atoms with van der Waals surface area (Å²) in [6.07, 6.45) is 0. The number of benzene rings is 5. The Labute approximate surface area is 266 Å². The van der Waals surface area contributed by atoms with Crippen molar-refractivity contribution in [3.63, 3.8) is 0 Å². The molecule has 5 aromatic carbocycles. The molecule has 0 saturated carbocycles. The Morgan fingerprint density at radius 3 is 1.75 bits per heavy atom. The predicted octanol–water partition coefficient (Wildman–Crippen LogP) is 10.1. The molecule has 1 atom stereocenters. The van der Waals surface area contributed by atoms with Crippen LogP contribution in [-0.4, -0.2) is 0 Å². The summed E-state index contributed by atoms with van der Waals surface area (Å²) in [6, 6.07) is 43.5. The molecule has 0 aliphatic rings. The van der Waals surface area contributed by atoms with Gasteiger partial charge in [0.25, 0.3) is 0 Å². The molecule has 0 bridgehead atoms. The van der Waals surface area contributed by atoms with Crippen molar-refractivity contribution in [2.45, 2.75) is 72.4 Å². The Morgan fingerprint density at radius 1 is 0.636 bits per heavy atom. The predicted molar refractivity (Wildman–Crippen MR) is 192 cm³/mol. The van der Waals surface area contributed by atoms with E-state index in [-0.39, 0.29) is 10.8 Å². The highest BCUT2D eigenvalue weighted by Crippen LogP contribution is 2.38. The number of hydrogen-bond acceptors (Lipinski definition) is 2. The number of hydrogen-bond donors (Lipinski definition) is 0. The van der Waals surface area contributed by atoms with Gasteiger partial charge in [0, 0.05) is 28.8 Å². The van der Waals surface area contributed by atoms with E-state index in [0.29, 0.717) is 15.2 Å². The maximum atomic E-state index is 6.82. The van der Waals surface area contributed by atoms with Crippen LogP contribution in [0.15, 0.2) is 121 Å². The van der Waals surface area contributed by atoms with Crippen molar-refractivity contribution in [2.75, 3.05) is 4.90 Å². The summed E-state index contributed by atoms with van der Waals surface area (Å²) in [5.74, 6) is 1.03. The van der Waals surface area contributed by atoms with Gasteiger partial charge in [-0.25, -0.2) is 0 Å². The fourth-order valence-electron chi connectivity index (χ4n) is 5.49. The van der Waals surface area contributed by atoms with Crippen LogP contribution >= 0.6 is 8.58 Å². The molecule has 44 heavy (non-hydrogen) atoms. The number of para-hydroxylation sites is 2. The van der Waals surface area contributed by atoms with Crippen molar-refractivity contribution < 1.29 is 4.74 Å². The normalized spacial score (nSPS) is 12.1. The van der Waals surface area contributed by atoms with E-state index in [9.17, 15) is 0 Å². The van der Waals surface area contributed by atoms with Crippen molar-refractivity contribution in [3.05, 3.63) is 149 Å². The van der Waals surface area contributed by atoms with E-state index in [1.807, 2.05) is 0 Å². The van der Waals surface area contributed by atoms with Gasteiger partial charge in [-0.1, -0.05) is 141 Å². The second kappa shape index (κ2) is 13.4. The second-order valence-corrected chi connectivity index (χ2v) is 15.0. The third-order valence-corrected chi connectivity index (χ3v) is 9.68. The number of rotatable bonds is 9. The first-order valence-corrected chi connectivity index (χ1v) is 16.6. The average molecular weight is 600 g/mol. The lowest BCUT2D eigenvalue weighted by Crippen LogP contribution is -2.25. The molecule has 0 fully saturated rings. The summed E-state index contributed by atoms with van der Waals surface area (Å²) in [5.41, 5.74) is 8.77. The number of aryl methyl sites for hydroxylation is 1. The van der Waals surface area contributed by atoms with Crippen molar-refractivity contribution in [1.82, 2.24) is 0 Å². The minimum atomic E-state index is -0.0709. The topological polar surface area (TPSA) is 12.5 Å². The van der Waals surface area contributed by atoms with Gasteiger partial charge in [0.2, 0.25) is 0 Å². The molecule has 0 aliphatic heterocycles. The lowest BCUT2D eigenvalue weighted by molar-refractivity contribution is 0.300. The zero-order valence-corrected chi connectivity index (χ0v) is 28.3. The van der Waals surface area contributed by atoms with Crippen LogP contribution in [0.25, 0.3) is 0 Å². The molecule has 226 valence electrons. The molecule has 2 nitrogen and oxygen atoms in total. The zero-order valence-electron chi connectivity index (χ0n) is 27.3. The minimum absolute atomic E-state index is 0.0170. The maximum absolute atomic E-state index is 6.82. The van der Waals surface area contributed by atoms with E-state index >= 15 is 0 Å². The minimum Gasteiger partial charge on any atom is -0.488 e. The van der Waals surface area contributed by atoms with E-state index in [1.54, 1.807) is 0 Å². The van der Waals surface area contributed by atoms with Gasteiger partial charge in [-0.15, -0.1) is 0 Å². The first kappa shape index (κ1) is 31.6. The molecule has 0 radical (unpaired) electrons. The Balaban J connectivity index is 1.62. The van der Waals surface area contributed by atoms with E-state index in [2.05, 4.69) is 175 Å². The molecule has 5 aromatic rings. The third-order valence-electron chi connectivity index (χ3n) is 8.07. The molecule has 0 N–H and O–H groups in total. The zero-order chi connectivity index (χ0) is 31.3. The molecule has 0 amide bonds. The Kier molecular flexibility index (Phi) is 9.62. The van der Waals surface area contributed by atoms with Crippen molar-refractivity contribution in [3.8, 4) is 5.75 Å². The Hall–Kier alpha value is -3.87. The number of ether oxygens (including phenoxy) is 1. The van der Waals surface area contributed by atoms with Gasteiger partial charge >= 0.3 is 0 Å². The van der Waals surface area contributed by atoms with Crippen LogP contribution in [-0.2, 0) is 24.0 Å². The largest absolute Gasteiger partial charge is 0.488 e. The van der Waals surface area contributed by atoms with Crippen molar-refractivity contribution in [2.24, 2.45) is 0 Å². The van der Waals surface area contributed by atoms with Gasteiger partial charge in [0.15, 0.2) is 0 Å². The Morgan fingerprint density at radius 2 is 1.20 bits per heavy atom. The lowest BCUT2D eigenvalue weighted by Gasteiger charge is -2.30. The van der Waals surface area contributed by atoms with Gasteiger partial charge in [-0.3, -0.25) is 0 Å². The molecule has 0 saturated heterocycles. The first-order valence-electron chi connectivity index (χ1n) is 15.6. The van der Waals surface area contributed by atoms with Crippen LogP contribution in [0.5, 0.6) is 5.75 Å². The van der Waals surface area contributed by atoms with Gasteiger partial charge in [0.05, 0.1) is 0 Å². The number of anilines is 2. The highest BCUT2D eigenvalue weighted by atomic mass is 31.1. The fraction of sp³-hybridized carbons (Fsp3) is 0.268. The van der Waals surface area contributed by atoms with Crippen LogP contribution in [0, 0.1) is 6.92 Å². The van der Waals surface area contributed by atoms with Gasteiger partial charge in [0.1, 0.15) is 12.4 Å². The van der Waals surface area contributed by atoms with Crippen LogP contribution in [0.4, 0.5) is 11.4 Å². The fourth-order valence-corrected chi connectivity index (χ4v) is 6.91. The SMILES string of the molecule is Cc1cccc(CN(c2ccccc2)c2ccccc2)c1Pc1cc(C(C)(C)C)cc(C(C)(C)C)c1OCc1ccccc1. The van der Waals surface area contributed by atoms with E-state index in [1.165, 1.54) is 49.8 Å². The van der Waals surface area contributed by atoms with Gasteiger partial charge in [-0.2, -0.15) is 0 Å². The Bertz CT molecular complexity index is 1630. The smallest absolute Gasteiger partial charge is 0.131 e. The molecule has 5 rings (SSSR count). The quantitative estimate of drug-likeness (QED) is 0.156. The summed E-state index contributed by atoms with van der Waals surface area (Å²) in [5, 5.41) is 2.67. The van der Waals surface area contributed by atoms with E-state index in [0.717, 1.165) is 12.3 Å². The lowest BCUT2D eigenvalue weighted by atomic mass is 9.80. The molecule has 3 heteroatoms. The summed E-state index contributed by atoms with van der Waals surface area (Å²) >= 11 is 0. The van der Waals surface area contributed by atoms with Gasteiger partial charge in [-0.05, 0) is 75.6 Å². The summed E-state index contributed by atoms with van der Waals surface area (Å²) in [6.45, 7) is 17.4. The van der Waals surface area contributed by atoms with Crippen molar-refractivity contribution >= 4 is 30.6 Å². The van der Waals surface area contributed by atoms with E-state index in [4.69, 9.17) is 4.74 Å². The molecule has 0 aliphatic carbocycles. The molecule has 0 aromatic heterocycles. The first-order chi connectivity index (χ1) is 21.0. The highest BCUT2D eigenvalue weighted by molar-refractivity contribution is 7.56. The molecular formula is C41H46NOP. The summed E-state index contributed by atoms with van der Waals surface area (Å²) in [4.78, 5) is 2.42. The summed E-state index contributed by atoms with van der Waals surface area (Å²) in [7, 11) is 0.455. The monoisotopic (exact) mass is 599 g/mol. The molecule has 0 spiro atoms. The van der Waals surface area contributed by atoms with E-state index < -0.39 is 0 Å². The van der Waals surface area contributed by atoms with Crippen LogP contribution in [0.2, 0.25) is 0 Å². The molecule has 1 unspecified atom stereocenters. The highest BCUT2D eigenvalue weighted by Gasteiger charge is 2.27. The molecule has 0 heterocycles. The summed E-state index contributed by atoms with van der Waals surface area (Å²) < 4.78 is 6.82.